The standard InChI is InChI=1S/C16H13F2N3O4/c1-20-13-12(14(22)21(2)16(20)25)8(15(23)24)6-11(19-13)7-3-4-9(17)10(18)5-7/h3-5,8H,6H2,1-2H3,(H,23,24). The van der Waals surface area contributed by atoms with E-state index in [4.69, 9.17) is 0 Å². The van der Waals surface area contributed by atoms with E-state index >= 15 is 0 Å². The molecule has 25 heavy (non-hydrogen) atoms. The molecule has 3 rings (SSSR count). The summed E-state index contributed by atoms with van der Waals surface area (Å²) in [5.41, 5.74) is -1.17. The molecule has 0 amide bonds. The van der Waals surface area contributed by atoms with E-state index in [0.29, 0.717) is 0 Å². The number of carboxylic acids is 1. The summed E-state index contributed by atoms with van der Waals surface area (Å²) in [6.07, 6.45) is -0.180. The predicted octanol–water partition coefficient (Wildman–Crippen LogP) is 1.05. The fraction of sp³-hybridized carbons (Fsp3) is 0.250. The van der Waals surface area contributed by atoms with Crippen LogP contribution in [0.3, 0.4) is 0 Å². The average Bonchev–Trinajstić information content (AvgIpc) is 2.59. The first-order chi connectivity index (χ1) is 11.7. The molecule has 0 fully saturated rings. The fourth-order valence-electron chi connectivity index (χ4n) is 2.84. The fourth-order valence-corrected chi connectivity index (χ4v) is 2.84. The summed E-state index contributed by atoms with van der Waals surface area (Å²) in [5, 5.41) is 9.50. The molecule has 1 unspecified atom stereocenters. The number of benzene rings is 1. The number of aliphatic imine (C=N–C) groups is 1. The van der Waals surface area contributed by atoms with Gasteiger partial charge in [-0.15, -0.1) is 0 Å². The molecule has 130 valence electrons. The minimum absolute atomic E-state index is 0.0912. The number of nitrogens with zero attached hydrogens (tertiary/aromatic N) is 3. The Morgan fingerprint density at radius 1 is 1.20 bits per heavy atom. The Hall–Kier alpha value is -3.10. The van der Waals surface area contributed by atoms with Gasteiger partial charge in [-0.05, 0) is 17.7 Å². The number of aliphatic carboxylic acids is 1. The summed E-state index contributed by atoms with van der Waals surface area (Å²) < 4.78 is 28.5. The van der Waals surface area contributed by atoms with E-state index < -0.39 is 34.8 Å². The highest BCUT2D eigenvalue weighted by atomic mass is 19.2. The molecular formula is C16H13F2N3O4. The number of halogens is 2. The van der Waals surface area contributed by atoms with Crippen LogP contribution in [0, 0.1) is 11.6 Å². The van der Waals surface area contributed by atoms with Crippen molar-refractivity contribution in [2.24, 2.45) is 19.1 Å². The van der Waals surface area contributed by atoms with Gasteiger partial charge in [-0.3, -0.25) is 18.7 Å². The lowest BCUT2D eigenvalue weighted by molar-refractivity contribution is -0.138. The van der Waals surface area contributed by atoms with Gasteiger partial charge in [0.05, 0.1) is 17.2 Å². The summed E-state index contributed by atoms with van der Waals surface area (Å²) in [5.74, 6) is -4.76. The molecule has 0 radical (unpaired) electrons. The highest BCUT2D eigenvalue weighted by Gasteiger charge is 2.34. The van der Waals surface area contributed by atoms with Crippen LogP contribution in [-0.4, -0.2) is 25.9 Å². The molecule has 1 aliphatic heterocycles. The Labute approximate surface area is 139 Å². The molecule has 9 heteroatoms. The van der Waals surface area contributed by atoms with Gasteiger partial charge in [0.2, 0.25) is 0 Å². The van der Waals surface area contributed by atoms with Crippen LogP contribution in [-0.2, 0) is 18.9 Å². The largest absolute Gasteiger partial charge is 0.481 e. The van der Waals surface area contributed by atoms with E-state index in [0.717, 1.165) is 21.3 Å². The maximum Gasteiger partial charge on any atom is 0.332 e. The molecular weight excluding hydrogens is 336 g/mol. The Bertz CT molecular complexity index is 1050. The Morgan fingerprint density at radius 2 is 1.88 bits per heavy atom. The van der Waals surface area contributed by atoms with E-state index in [-0.39, 0.29) is 29.1 Å². The molecule has 1 aromatic carbocycles. The molecule has 2 heterocycles. The third kappa shape index (κ3) is 2.57. The summed E-state index contributed by atoms with van der Waals surface area (Å²) in [4.78, 5) is 40.3. The quantitative estimate of drug-likeness (QED) is 0.877. The van der Waals surface area contributed by atoms with Gasteiger partial charge in [-0.1, -0.05) is 6.07 Å². The van der Waals surface area contributed by atoms with Crippen molar-refractivity contribution in [3.8, 4) is 0 Å². The van der Waals surface area contributed by atoms with E-state index in [1.54, 1.807) is 0 Å². The first kappa shape index (κ1) is 16.7. The van der Waals surface area contributed by atoms with Crippen molar-refractivity contribution < 1.29 is 18.7 Å². The summed E-state index contributed by atoms with van der Waals surface area (Å²) >= 11 is 0. The monoisotopic (exact) mass is 349 g/mol. The SMILES string of the molecule is Cn1c2c(c(=O)n(C)c1=O)C(C(=O)O)CC(c1ccc(F)c(F)c1)=N2. The normalized spacial score (nSPS) is 16.3. The number of carbonyl (C=O) groups is 1. The smallest absolute Gasteiger partial charge is 0.332 e. The molecule has 2 aromatic rings. The second-order valence-electron chi connectivity index (χ2n) is 5.73. The molecule has 0 spiro atoms. The lowest BCUT2D eigenvalue weighted by atomic mass is 9.89. The minimum atomic E-state index is -1.27. The molecule has 0 saturated carbocycles. The van der Waals surface area contributed by atoms with Crippen molar-refractivity contribution in [2.45, 2.75) is 12.3 Å². The number of fused-ring (bicyclic) bond motifs is 1. The highest BCUT2D eigenvalue weighted by molar-refractivity contribution is 6.06. The topological polar surface area (TPSA) is 93.7 Å². The maximum atomic E-state index is 13.5. The van der Waals surface area contributed by atoms with Crippen LogP contribution < -0.4 is 11.2 Å². The maximum absolute atomic E-state index is 13.5. The first-order valence-corrected chi connectivity index (χ1v) is 7.28. The van der Waals surface area contributed by atoms with Gasteiger partial charge in [0.15, 0.2) is 11.6 Å². The molecule has 0 saturated heterocycles. The van der Waals surface area contributed by atoms with Crippen molar-refractivity contribution in [3.63, 3.8) is 0 Å². The third-order valence-corrected chi connectivity index (χ3v) is 4.21. The Kier molecular flexibility index (Phi) is 3.86. The van der Waals surface area contributed by atoms with E-state index in [9.17, 15) is 28.3 Å². The number of aromatic nitrogens is 2. The molecule has 1 N–H and O–H groups in total. The van der Waals surface area contributed by atoms with Crippen LogP contribution in [0.1, 0.15) is 23.5 Å². The molecule has 1 aliphatic rings. The first-order valence-electron chi connectivity index (χ1n) is 7.28. The molecule has 1 atom stereocenters. The predicted molar refractivity (Wildman–Crippen MR) is 84.5 cm³/mol. The van der Waals surface area contributed by atoms with Crippen molar-refractivity contribution in [2.75, 3.05) is 0 Å². The summed E-state index contributed by atoms with van der Waals surface area (Å²) in [7, 11) is 2.61. The van der Waals surface area contributed by atoms with Crippen LogP contribution in [0.2, 0.25) is 0 Å². The molecule has 1 aromatic heterocycles. The van der Waals surface area contributed by atoms with Crippen molar-refractivity contribution in [1.29, 1.82) is 0 Å². The summed E-state index contributed by atoms with van der Waals surface area (Å²) in [6.45, 7) is 0. The lowest BCUT2D eigenvalue weighted by Gasteiger charge is -2.23. The van der Waals surface area contributed by atoms with Crippen molar-refractivity contribution >= 4 is 17.5 Å². The van der Waals surface area contributed by atoms with Gasteiger partial charge in [0, 0.05) is 20.5 Å². The van der Waals surface area contributed by atoms with Crippen LogP contribution in [0.4, 0.5) is 14.6 Å². The molecule has 0 bridgehead atoms. The lowest BCUT2D eigenvalue weighted by Crippen LogP contribution is -2.42. The van der Waals surface area contributed by atoms with Crippen LogP contribution >= 0.6 is 0 Å². The van der Waals surface area contributed by atoms with E-state index in [2.05, 4.69) is 4.99 Å². The Balaban J connectivity index is 2.32. The number of rotatable bonds is 2. The minimum Gasteiger partial charge on any atom is -0.481 e. The number of hydrogen-bond donors (Lipinski definition) is 1. The van der Waals surface area contributed by atoms with Gasteiger partial charge >= 0.3 is 11.7 Å². The van der Waals surface area contributed by atoms with Gasteiger partial charge in [-0.25, -0.2) is 18.6 Å². The number of carboxylic acid groups (broad SMARTS) is 1. The zero-order valence-electron chi connectivity index (χ0n) is 13.3. The Morgan fingerprint density at radius 3 is 2.48 bits per heavy atom. The third-order valence-electron chi connectivity index (χ3n) is 4.21. The van der Waals surface area contributed by atoms with Crippen LogP contribution in [0.15, 0.2) is 32.8 Å². The van der Waals surface area contributed by atoms with Crippen LogP contribution in [0.5, 0.6) is 0 Å². The second-order valence-corrected chi connectivity index (χ2v) is 5.73. The van der Waals surface area contributed by atoms with Gasteiger partial charge in [0.1, 0.15) is 5.82 Å². The van der Waals surface area contributed by atoms with Crippen molar-refractivity contribution in [1.82, 2.24) is 9.13 Å². The summed E-state index contributed by atoms with van der Waals surface area (Å²) in [6, 6.07) is 3.07. The average molecular weight is 349 g/mol. The van der Waals surface area contributed by atoms with E-state index in [1.165, 1.54) is 20.2 Å². The molecule has 0 aliphatic carbocycles. The van der Waals surface area contributed by atoms with Gasteiger partial charge < -0.3 is 5.11 Å². The van der Waals surface area contributed by atoms with E-state index in [1.807, 2.05) is 0 Å². The van der Waals surface area contributed by atoms with Gasteiger partial charge in [0.25, 0.3) is 5.56 Å². The molecule has 7 nitrogen and oxygen atoms in total. The number of hydrogen-bond acceptors (Lipinski definition) is 4. The van der Waals surface area contributed by atoms with Crippen molar-refractivity contribution in [3.05, 3.63) is 61.8 Å². The van der Waals surface area contributed by atoms with Gasteiger partial charge in [-0.2, -0.15) is 0 Å². The zero-order chi connectivity index (χ0) is 18.5. The van der Waals surface area contributed by atoms with Crippen LogP contribution in [0.25, 0.3) is 0 Å². The highest BCUT2D eigenvalue weighted by Crippen LogP contribution is 2.33. The second kappa shape index (κ2) is 5.76. The zero-order valence-corrected chi connectivity index (χ0v) is 13.3.